The predicted octanol–water partition coefficient (Wildman–Crippen LogP) is 8.78. The molecule has 0 aliphatic rings. The van der Waals surface area contributed by atoms with Crippen LogP contribution in [-0.4, -0.2) is 15.0 Å². The van der Waals surface area contributed by atoms with Crippen LogP contribution in [-0.2, 0) is 0 Å². The first-order chi connectivity index (χ1) is 18.3. The summed E-state index contributed by atoms with van der Waals surface area (Å²) in [6.45, 7) is 0. The summed E-state index contributed by atoms with van der Waals surface area (Å²) in [5, 5.41) is 2.36. The topological polar surface area (TPSA) is 41.6 Å². The lowest BCUT2D eigenvalue weighted by Gasteiger charge is -2.07. The van der Waals surface area contributed by atoms with E-state index in [1.54, 1.807) is 0 Å². The van der Waals surface area contributed by atoms with E-state index in [4.69, 9.17) is 9.97 Å². The van der Waals surface area contributed by atoms with E-state index >= 15 is 0 Å². The minimum absolute atomic E-state index is 0.948. The molecule has 3 aromatic heterocycles. The highest BCUT2D eigenvalue weighted by Crippen LogP contribution is 2.37. The van der Waals surface area contributed by atoms with Crippen molar-refractivity contribution < 1.29 is 0 Å². The van der Waals surface area contributed by atoms with Crippen molar-refractivity contribution in [3.8, 4) is 44.9 Å². The number of rotatable bonds is 4. The molecule has 0 fully saturated rings. The molecule has 3 heteroatoms. The fraction of sp³-hybridized carbons (Fsp3) is 0. The van der Waals surface area contributed by atoms with Gasteiger partial charge in [0, 0.05) is 33.7 Å². The van der Waals surface area contributed by atoms with E-state index in [1.807, 2.05) is 30.5 Å². The number of aromatic amines is 1. The number of benzene rings is 4. The maximum absolute atomic E-state index is 5.03. The van der Waals surface area contributed by atoms with Crippen LogP contribution in [0.3, 0.4) is 0 Å². The van der Waals surface area contributed by atoms with Gasteiger partial charge in [-0.1, -0.05) is 103 Å². The third-order valence-electron chi connectivity index (χ3n) is 6.91. The fourth-order valence-electron chi connectivity index (χ4n) is 5.12. The summed E-state index contributed by atoms with van der Waals surface area (Å²) in [4.78, 5) is 13.5. The standard InChI is InChI=1S/C34H23N3/c1-3-10-23(11-4-1)25-20-21-35-32(22-25)29-17-8-15-27-26-14-7-16-28(33(26)37-34(27)29)31-19-9-18-30(36-31)24-12-5-2-6-13-24/h1-22,37H. The normalized spacial score (nSPS) is 11.2. The molecule has 0 saturated carbocycles. The maximum atomic E-state index is 5.03. The van der Waals surface area contributed by atoms with Crippen LogP contribution in [0, 0.1) is 0 Å². The Morgan fingerprint density at radius 2 is 1.03 bits per heavy atom. The Labute approximate surface area is 215 Å². The number of nitrogens with one attached hydrogen (secondary N) is 1. The van der Waals surface area contributed by atoms with Gasteiger partial charge in [0.05, 0.1) is 28.1 Å². The summed E-state index contributed by atoms with van der Waals surface area (Å²) in [6, 6.07) is 44.1. The lowest BCUT2D eigenvalue weighted by atomic mass is 10.0. The van der Waals surface area contributed by atoms with Crippen LogP contribution in [0.4, 0.5) is 0 Å². The van der Waals surface area contributed by atoms with Gasteiger partial charge in [-0.15, -0.1) is 0 Å². The van der Waals surface area contributed by atoms with Crippen LogP contribution in [0.25, 0.3) is 66.7 Å². The first-order valence-corrected chi connectivity index (χ1v) is 12.4. The minimum atomic E-state index is 0.948. The highest BCUT2D eigenvalue weighted by Gasteiger charge is 2.15. The molecule has 0 atom stereocenters. The number of fused-ring (bicyclic) bond motifs is 3. The van der Waals surface area contributed by atoms with Gasteiger partial charge in [-0.25, -0.2) is 4.98 Å². The molecule has 0 unspecified atom stereocenters. The quantitative estimate of drug-likeness (QED) is 0.277. The van der Waals surface area contributed by atoms with Gasteiger partial charge < -0.3 is 4.98 Å². The molecule has 0 radical (unpaired) electrons. The summed E-state index contributed by atoms with van der Waals surface area (Å²) in [6.07, 6.45) is 1.89. The second kappa shape index (κ2) is 8.89. The number of nitrogens with zero attached hydrogens (tertiary/aromatic N) is 2. The second-order valence-electron chi connectivity index (χ2n) is 9.15. The molecule has 0 aliphatic heterocycles. The molecule has 174 valence electrons. The molecule has 0 amide bonds. The maximum Gasteiger partial charge on any atom is 0.0730 e. The molecule has 37 heavy (non-hydrogen) atoms. The van der Waals surface area contributed by atoms with Crippen molar-refractivity contribution in [2.45, 2.75) is 0 Å². The predicted molar refractivity (Wildman–Crippen MR) is 153 cm³/mol. The van der Waals surface area contributed by atoms with Gasteiger partial charge in [0.1, 0.15) is 0 Å². The molecule has 1 N–H and O–H groups in total. The first-order valence-electron chi connectivity index (χ1n) is 12.4. The van der Waals surface area contributed by atoms with Gasteiger partial charge in [0.15, 0.2) is 0 Å². The van der Waals surface area contributed by atoms with Crippen LogP contribution in [0.1, 0.15) is 0 Å². The third kappa shape index (κ3) is 3.78. The van der Waals surface area contributed by atoms with Crippen molar-refractivity contribution in [3.05, 3.63) is 134 Å². The lowest BCUT2D eigenvalue weighted by molar-refractivity contribution is 1.32. The van der Waals surface area contributed by atoms with Gasteiger partial charge in [-0.05, 0) is 35.4 Å². The number of H-pyrrole nitrogens is 1. The Balaban J connectivity index is 1.39. The molecular weight excluding hydrogens is 450 g/mol. The molecule has 4 aromatic carbocycles. The Morgan fingerprint density at radius 3 is 1.73 bits per heavy atom. The molecule has 7 rings (SSSR count). The van der Waals surface area contributed by atoms with E-state index in [-0.39, 0.29) is 0 Å². The van der Waals surface area contributed by atoms with Crippen LogP contribution >= 0.6 is 0 Å². The number of aromatic nitrogens is 3. The Bertz CT molecular complexity index is 1730. The zero-order valence-corrected chi connectivity index (χ0v) is 20.1. The number of pyridine rings is 2. The number of hydrogen-bond acceptors (Lipinski definition) is 2. The van der Waals surface area contributed by atoms with E-state index in [0.717, 1.165) is 50.4 Å². The lowest BCUT2D eigenvalue weighted by Crippen LogP contribution is -1.89. The number of para-hydroxylation sites is 2. The van der Waals surface area contributed by atoms with E-state index in [2.05, 4.69) is 108 Å². The highest BCUT2D eigenvalue weighted by atomic mass is 14.8. The Kier molecular flexibility index (Phi) is 5.11. The highest BCUT2D eigenvalue weighted by molar-refractivity contribution is 6.15. The van der Waals surface area contributed by atoms with E-state index in [0.29, 0.717) is 0 Å². The van der Waals surface area contributed by atoms with Crippen molar-refractivity contribution in [1.29, 1.82) is 0 Å². The van der Waals surface area contributed by atoms with Gasteiger partial charge in [-0.2, -0.15) is 0 Å². The van der Waals surface area contributed by atoms with Gasteiger partial charge in [0.2, 0.25) is 0 Å². The summed E-state index contributed by atoms with van der Waals surface area (Å²) >= 11 is 0. The van der Waals surface area contributed by atoms with Crippen molar-refractivity contribution >= 4 is 21.8 Å². The van der Waals surface area contributed by atoms with E-state index in [1.165, 1.54) is 16.3 Å². The van der Waals surface area contributed by atoms with Crippen LogP contribution in [0.15, 0.2) is 134 Å². The molecule has 0 saturated heterocycles. The monoisotopic (exact) mass is 473 g/mol. The summed E-state index contributed by atoms with van der Waals surface area (Å²) in [5.41, 5.74) is 10.7. The zero-order valence-electron chi connectivity index (χ0n) is 20.1. The average Bonchev–Trinajstić information content (AvgIpc) is 3.37. The number of hydrogen-bond donors (Lipinski definition) is 1. The molecule has 7 aromatic rings. The van der Waals surface area contributed by atoms with E-state index in [9.17, 15) is 0 Å². The van der Waals surface area contributed by atoms with Crippen molar-refractivity contribution in [2.24, 2.45) is 0 Å². The largest absolute Gasteiger partial charge is 0.353 e. The van der Waals surface area contributed by atoms with Crippen LogP contribution < -0.4 is 0 Å². The molecule has 0 aliphatic carbocycles. The third-order valence-corrected chi connectivity index (χ3v) is 6.91. The molecule has 3 nitrogen and oxygen atoms in total. The van der Waals surface area contributed by atoms with Gasteiger partial charge in [0.25, 0.3) is 0 Å². The van der Waals surface area contributed by atoms with Crippen molar-refractivity contribution in [2.75, 3.05) is 0 Å². The van der Waals surface area contributed by atoms with Gasteiger partial charge in [-0.3, -0.25) is 4.98 Å². The smallest absolute Gasteiger partial charge is 0.0730 e. The van der Waals surface area contributed by atoms with Gasteiger partial charge >= 0.3 is 0 Å². The summed E-state index contributed by atoms with van der Waals surface area (Å²) in [7, 11) is 0. The molecular formula is C34H23N3. The SMILES string of the molecule is c1ccc(-c2ccnc(-c3cccc4c3[nH]c3c(-c5cccc(-c6ccccc6)n5)cccc34)c2)cc1. The Morgan fingerprint density at radius 1 is 0.432 bits per heavy atom. The molecule has 3 heterocycles. The van der Waals surface area contributed by atoms with Crippen molar-refractivity contribution in [3.63, 3.8) is 0 Å². The first kappa shape index (κ1) is 21.3. The summed E-state index contributed by atoms with van der Waals surface area (Å²) in [5.74, 6) is 0. The zero-order chi connectivity index (χ0) is 24.6. The average molecular weight is 474 g/mol. The van der Waals surface area contributed by atoms with Crippen LogP contribution in [0.5, 0.6) is 0 Å². The summed E-state index contributed by atoms with van der Waals surface area (Å²) < 4.78 is 0. The van der Waals surface area contributed by atoms with Crippen LogP contribution in [0.2, 0.25) is 0 Å². The fourth-order valence-corrected chi connectivity index (χ4v) is 5.12. The Hall–Kier alpha value is -5.02. The minimum Gasteiger partial charge on any atom is -0.353 e. The molecule has 0 bridgehead atoms. The second-order valence-corrected chi connectivity index (χ2v) is 9.15. The van der Waals surface area contributed by atoms with E-state index < -0.39 is 0 Å². The van der Waals surface area contributed by atoms with Crippen molar-refractivity contribution in [1.82, 2.24) is 15.0 Å². The molecule has 0 spiro atoms.